The number of carbonyl (C=O) groups excluding carboxylic acids is 1. The predicted molar refractivity (Wildman–Crippen MR) is 74.9 cm³/mol. The monoisotopic (exact) mass is 323 g/mol. The first-order valence-corrected chi connectivity index (χ1v) is 6.30. The van der Waals surface area contributed by atoms with E-state index in [1.165, 1.54) is 42.3 Å². The molecule has 2 rings (SSSR count). The van der Waals surface area contributed by atoms with Gasteiger partial charge in [-0.25, -0.2) is 4.39 Å². The first-order chi connectivity index (χ1) is 8.99. The van der Waals surface area contributed by atoms with E-state index in [0.29, 0.717) is 10.2 Å². The van der Waals surface area contributed by atoms with E-state index in [1.807, 2.05) is 0 Å². The van der Waals surface area contributed by atoms with E-state index in [2.05, 4.69) is 15.9 Å². The van der Waals surface area contributed by atoms with Crippen molar-refractivity contribution in [2.75, 3.05) is 11.9 Å². The van der Waals surface area contributed by atoms with E-state index in [0.717, 1.165) is 0 Å². The van der Waals surface area contributed by atoms with Gasteiger partial charge in [0.25, 0.3) is 5.91 Å². The van der Waals surface area contributed by atoms with Crippen LogP contribution in [-0.4, -0.2) is 18.1 Å². The third-order valence-corrected chi connectivity index (χ3v) is 3.17. The lowest BCUT2D eigenvalue weighted by atomic mass is 10.1. The molecule has 0 aliphatic carbocycles. The Balaban J connectivity index is 2.36. The van der Waals surface area contributed by atoms with Crippen molar-refractivity contribution in [3.05, 3.63) is 58.3 Å². The van der Waals surface area contributed by atoms with Crippen LogP contribution in [0, 0.1) is 5.82 Å². The lowest BCUT2D eigenvalue weighted by Gasteiger charge is -2.18. The molecule has 2 aromatic carbocycles. The quantitative estimate of drug-likeness (QED) is 0.917. The summed E-state index contributed by atoms with van der Waals surface area (Å²) in [5.74, 6) is -1.02. The van der Waals surface area contributed by atoms with Gasteiger partial charge in [-0.05, 0) is 30.3 Å². The molecule has 1 amide bonds. The van der Waals surface area contributed by atoms with E-state index >= 15 is 0 Å². The topological polar surface area (TPSA) is 40.5 Å². The Bertz CT molecular complexity index is 631. The van der Waals surface area contributed by atoms with Crippen molar-refractivity contribution in [2.45, 2.75) is 0 Å². The molecule has 98 valence electrons. The number of hydrogen-bond donors (Lipinski definition) is 1. The molecule has 0 radical (unpaired) electrons. The number of amides is 1. The van der Waals surface area contributed by atoms with Crippen LogP contribution in [-0.2, 0) is 0 Å². The van der Waals surface area contributed by atoms with Crippen molar-refractivity contribution in [3.63, 3.8) is 0 Å². The highest BCUT2D eigenvalue weighted by Crippen LogP contribution is 2.22. The molecule has 2 aromatic rings. The van der Waals surface area contributed by atoms with Crippen molar-refractivity contribution in [3.8, 4) is 5.75 Å². The molecule has 0 bridgehead atoms. The minimum atomic E-state index is -0.583. The fourth-order valence-electron chi connectivity index (χ4n) is 1.66. The fourth-order valence-corrected chi connectivity index (χ4v) is 2.02. The van der Waals surface area contributed by atoms with Crippen LogP contribution in [0.4, 0.5) is 10.1 Å². The summed E-state index contributed by atoms with van der Waals surface area (Å²) >= 11 is 3.20. The smallest absolute Gasteiger partial charge is 0.261 e. The molecular formula is C14H11BrFNO2. The second-order valence-electron chi connectivity index (χ2n) is 4.01. The van der Waals surface area contributed by atoms with Gasteiger partial charge < -0.3 is 10.0 Å². The van der Waals surface area contributed by atoms with Gasteiger partial charge in [-0.1, -0.05) is 22.0 Å². The Hall–Kier alpha value is -1.88. The van der Waals surface area contributed by atoms with Gasteiger partial charge in [-0.3, -0.25) is 4.79 Å². The Kier molecular flexibility index (Phi) is 3.85. The third kappa shape index (κ3) is 2.93. The Morgan fingerprint density at radius 2 is 2.00 bits per heavy atom. The number of benzene rings is 2. The Morgan fingerprint density at radius 3 is 2.68 bits per heavy atom. The van der Waals surface area contributed by atoms with Gasteiger partial charge in [0.2, 0.25) is 0 Å². The van der Waals surface area contributed by atoms with Gasteiger partial charge in [0.05, 0.1) is 5.56 Å². The van der Waals surface area contributed by atoms with Crippen LogP contribution in [0.5, 0.6) is 5.75 Å². The maximum Gasteiger partial charge on any atom is 0.261 e. The van der Waals surface area contributed by atoms with Crippen LogP contribution in [0.1, 0.15) is 10.4 Å². The number of nitrogens with zero attached hydrogens (tertiary/aromatic N) is 1. The average Bonchev–Trinajstić information content (AvgIpc) is 2.40. The molecule has 0 aromatic heterocycles. The number of phenols is 1. The number of phenolic OH excluding ortho intramolecular Hbond substituents is 1. The van der Waals surface area contributed by atoms with Crippen molar-refractivity contribution < 1.29 is 14.3 Å². The van der Waals surface area contributed by atoms with Crippen LogP contribution >= 0.6 is 15.9 Å². The summed E-state index contributed by atoms with van der Waals surface area (Å²) in [6.45, 7) is 0. The largest absolute Gasteiger partial charge is 0.508 e. The molecule has 3 nitrogen and oxygen atoms in total. The zero-order chi connectivity index (χ0) is 14.0. The minimum absolute atomic E-state index is 0.0276. The van der Waals surface area contributed by atoms with E-state index in [-0.39, 0.29) is 11.3 Å². The standard InChI is InChI=1S/C14H11BrFNO2/c1-17(10-3-2-4-11(18)8-10)14(19)12-7-9(15)5-6-13(12)16/h2-8,18H,1H3. The van der Waals surface area contributed by atoms with Crippen LogP contribution in [0.3, 0.4) is 0 Å². The maximum absolute atomic E-state index is 13.7. The van der Waals surface area contributed by atoms with Gasteiger partial charge in [0.1, 0.15) is 11.6 Å². The summed E-state index contributed by atoms with van der Waals surface area (Å²) < 4.78 is 14.3. The summed E-state index contributed by atoms with van der Waals surface area (Å²) in [6, 6.07) is 10.4. The van der Waals surface area contributed by atoms with E-state index < -0.39 is 11.7 Å². The van der Waals surface area contributed by atoms with Crippen LogP contribution in [0.25, 0.3) is 0 Å². The second kappa shape index (κ2) is 5.40. The van der Waals surface area contributed by atoms with E-state index in [9.17, 15) is 14.3 Å². The molecule has 19 heavy (non-hydrogen) atoms. The van der Waals surface area contributed by atoms with Crippen molar-refractivity contribution in [1.82, 2.24) is 0 Å². The zero-order valence-corrected chi connectivity index (χ0v) is 11.7. The van der Waals surface area contributed by atoms with Crippen molar-refractivity contribution in [1.29, 1.82) is 0 Å². The third-order valence-electron chi connectivity index (χ3n) is 2.68. The summed E-state index contributed by atoms with van der Waals surface area (Å²) in [6.07, 6.45) is 0. The molecule has 0 fully saturated rings. The van der Waals surface area contributed by atoms with Crippen LogP contribution in [0.15, 0.2) is 46.9 Å². The molecular weight excluding hydrogens is 313 g/mol. The van der Waals surface area contributed by atoms with Gasteiger partial charge in [-0.2, -0.15) is 0 Å². The average molecular weight is 324 g/mol. The number of halogens is 2. The molecule has 0 aliphatic rings. The van der Waals surface area contributed by atoms with Gasteiger partial charge in [0.15, 0.2) is 0 Å². The molecule has 1 N–H and O–H groups in total. The second-order valence-corrected chi connectivity index (χ2v) is 4.92. The SMILES string of the molecule is CN(C(=O)c1cc(Br)ccc1F)c1cccc(O)c1. The lowest BCUT2D eigenvalue weighted by molar-refractivity contribution is 0.0989. The number of rotatable bonds is 2. The normalized spacial score (nSPS) is 10.3. The molecule has 0 heterocycles. The van der Waals surface area contributed by atoms with Gasteiger partial charge in [-0.15, -0.1) is 0 Å². The fraction of sp³-hybridized carbons (Fsp3) is 0.0714. The number of anilines is 1. The molecule has 0 saturated carbocycles. The summed E-state index contributed by atoms with van der Waals surface area (Å²) in [7, 11) is 1.53. The van der Waals surface area contributed by atoms with Crippen molar-refractivity contribution >= 4 is 27.5 Å². The highest BCUT2D eigenvalue weighted by Gasteiger charge is 2.18. The maximum atomic E-state index is 13.7. The Labute approximate surface area is 118 Å². The molecule has 0 spiro atoms. The number of aromatic hydroxyl groups is 1. The predicted octanol–water partition coefficient (Wildman–Crippen LogP) is 3.57. The highest BCUT2D eigenvalue weighted by molar-refractivity contribution is 9.10. The summed E-state index contributed by atoms with van der Waals surface area (Å²) in [5, 5.41) is 9.39. The summed E-state index contributed by atoms with van der Waals surface area (Å²) in [5.41, 5.74) is 0.463. The molecule has 5 heteroatoms. The highest BCUT2D eigenvalue weighted by atomic mass is 79.9. The first-order valence-electron chi connectivity index (χ1n) is 5.51. The molecule has 0 aliphatic heterocycles. The zero-order valence-electron chi connectivity index (χ0n) is 10.1. The summed E-state index contributed by atoms with van der Waals surface area (Å²) in [4.78, 5) is 13.5. The van der Waals surface area contributed by atoms with Crippen LogP contribution < -0.4 is 4.90 Å². The van der Waals surface area contributed by atoms with Crippen LogP contribution in [0.2, 0.25) is 0 Å². The lowest BCUT2D eigenvalue weighted by Crippen LogP contribution is -2.27. The number of carbonyl (C=O) groups is 1. The molecule has 0 atom stereocenters. The molecule has 0 saturated heterocycles. The molecule has 0 unspecified atom stereocenters. The van der Waals surface area contributed by atoms with Gasteiger partial charge >= 0.3 is 0 Å². The minimum Gasteiger partial charge on any atom is -0.508 e. The Morgan fingerprint density at radius 1 is 1.26 bits per heavy atom. The van der Waals surface area contributed by atoms with E-state index in [4.69, 9.17) is 0 Å². The van der Waals surface area contributed by atoms with E-state index in [1.54, 1.807) is 12.1 Å². The first kappa shape index (κ1) is 13.5. The van der Waals surface area contributed by atoms with Gasteiger partial charge in [0, 0.05) is 23.3 Å². The number of hydrogen-bond acceptors (Lipinski definition) is 2. The van der Waals surface area contributed by atoms with Crippen molar-refractivity contribution in [2.24, 2.45) is 0 Å².